The SMILES string of the molecule is CCNC(=NCc1ccc(Br)cc1)NCCC(O)c1ccccc1.I. The van der Waals surface area contributed by atoms with E-state index in [1.165, 1.54) is 0 Å². The first-order valence-electron chi connectivity index (χ1n) is 8.18. The van der Waals surface area contributed by atoms with Crippen molar-refractivity contribution in [3.05, 3.63) is 70.2 Å². The number of aliphatic hydroxyl groups excluding tert-OH is 1. The molecule has 6 heteroatoms. The fourth-order valence-electron chi connectivity index (χ4n) is 2.27. The van der Waals surface area contributed by atoms with Gasteiger partial charge in [0.1, 0.15) is 0 Å². The third-order valence-electron chi connectivity index (χ3n) is 3.57. The van der Waals surface area contributed by atoms with Crippen LogP contribution in [0.25, 0.3) is 0 Å². The Hall–Kier alpha value is -1.12. The van der Waals surface area contributed by atoms with E-state index in [4.69, 9.17) is 0 Å². The van der Waals surface area contributed by atoms with Gasteiger partial charge in [0.25, 0.3) is 0 Å². The number of nitrogens with zero attached hydrogens (tertiary/aromatic N) is 1. The van der Waals surface area contributed by atoms with Crippen LogP contribution in [0.4, 0.5) is 0 Å². The quantitative estimate of drug-likeness (QED) is 0.292. The number of aliphatic hydroxyl groups is 1. The molecule has 3 N–H and O–H groups in total. The molecule has 0 spiro atoms. The first-order valence-corrected chi connectivity index (χ1v) is 8.98. The monoisotopic (exact) mass is 517 g/mol. The molecule has 0 aliphatic carbocycles. The van der Waals surface area contributed by atoms with Gasteiger partial charge in [-0.05, 0) is 36.6 Å². The number of nitrogens with one attached hydrogen (secondary N) is 2. The molecule has 0 amide bonds. The van der Waals surface area contributed by atoms with Crippen LogP contribution in [0.2, 0.25) is 0 Å². The van der Waals surface area contributed by atoms with E-state index in [9.17, 15) is 5.11 Å². The Bertz CT molecular complexity index is 635. The van der Waals surface area contributed by atoms with Crippen LogP contribution in [0, 0.1) is 0 Å². The zero-order valence-electron chi connectivity index (χ0n) is 14.3. The molecule has 0 heterocycles. The van der Waals surface area contributed by atoms with Crippen molar-refractivity contribution in [3.63, 3.8) is 0 Å². The number of hydrogen-bond acceptors (Lipinski definition) is 2. The van der Waals surface area contributed by atoms with Crippen LogP contribution < -0.4 is 10.6 Å². The molecule has 0 aromatic heterocycles. The summed E-state index contributed by atoms with van der Waals surface area (Å²) >= 11 is 3.43. The molecule has 4 nitrogen and oxygen atoms in total. The summed E-state index contributed by atoms with van der Waals surface area (Å²) in [5, 5.41) is 16.7. The normalized spacial score (nSPS) is 12.2. The minimum Gasteiger partial charge on any atom is -0.388 e. The maximum absolute atomic E-state index is 10.2. The predicted molar refractivity (Wildman–Crippen MR) is 118 cm³/mol. The van der Waals surface area contributed by atoms with Gasteiger partial charge < -0.3 is 15.7 Å². The van der Waals surface area contributed by atoms with E-state index in [0.717, 1.165) is 28.1 Å². The highest BCUT2D eigenvalue weighted by Crippen LogP contribution is 2.15. The van der Waals surface area contributed by atoms with Crippen molar-refractivity contribution < 1.29 is 5.11 Å². The molecular weight excluding hydrogens is 493 g/mol. The summed E-state index contributed by atoms with van der Waals surface area (Å²) < 4.78 is 1.06. The van der Waals surface area contributed by atoms with E-state index in [2.05, 4.69) is 43.7 Å². The Morgan fingerprint density at radius 1 is 1.08 bits per heavy atom. The Balaban J connectivity index is 0.00000312. The third kappa shape index (κ3) is 8.20. The molecule has 0 aliphatic heterocycles. The standard InChI is InChI=1S/C19H24BrN3O.HI/c1-2-21-19(23-14-15-8-10-17(20)11-9-15)22-13-12-18(24)16-6-4-3-5-7-16;/h3-11,18,24H,2,12-14H2,1H3,(H2,21,22,23);1H. The topological polar surface area (TPSA) is 56.7 Å². The first kappa shape index (κ1) is 21.9. The second-order valence-corrected chi connectivity index (χ2v) is 6.38. The fourth-order valence-corrected chi connectivity index (χ4v) is 2.54. The highest BCUT2D eigenvalue weighted by molar-refractivity contribution is 14.0. The molecule has 1 atom stereocenters. The van der Waals surface area contributed by atoms with Crippen molar-refractivity contribution in [3.8, 4) is 0 Å². The summed E-state index contributed by atoms with van der Waals surface area (Å²) in [5.41, 5.74) is 2.09. The minimum atomic E-state index is -0.465. The molecule has 0 fully saturated rings. The van der Waals surface area contributed by atoms with Gasteiger partial charge in [-0.1, -0.05) is 58.4 Å². The van der Waals surface area contributed by atoms with Gasteiger partial charge in [-0.2, -0.15) is 0 Å². The van der Waals surface area contributed by atoms with E-state index in [0.29, 0.717) is 19.5 Å². The molecule has 0 saturated heterocycles. The smallest absolute Gasteiger partial charge is 0.191 e. The lowest BCUT2D eigenvalue weighted by Gasteiger charge is -2.14. The minimum absolute atomic E-state index is 0. The Kier molecular flexibility index (Phi) is 10.8. The number of halogens is 2. The highest BCUT2D eigenvalue weighted by atomic mass is 127. The summed E-state index contributed by atoms with van der Waals surface area (Å²) in [6.45, 7) is 4.11. The summed E-state index contributed by atoms with van der Waals surface area (Å²) in [7, 11) is 0. The van der Waals surface area contributed by atoms with Gasteiger partial charge in [-0.25, -0.2) is 4.99 Å². The van der Waals surface area contributed by atoms with Crippen molar-refractivity contribution >= 4 is 45.9 Å². The van der Waals surface area contributed by atoms with Crippen LogP contribution >= 0.6 is 39.9 Å². The van der Waals surface area contributed by atoms with E-state index in [-0.39, 0.29) is 24.0 Å². The van der Waals surface area contributed by atoms with Crippen molar-refractivity contribution in [2.45, 2.75) is 26.0 Å². The number of rotatable bonds is 7. The van der Waals surface area contributed by atoms with Gasteiger partial charge >= 0.3 is 0 Å². The Morgan fingerprint density at radius 3 is 2.40 bits per heavy atom. The molecule has 0 saturated carbocycles. The van der Waals surface area contributed by atoms with Crippen LogP contribution in [-0.4, -0.2) is 24.2 Å². The second-order valence-electron chi connectivity index (χ2n) is 5.46. The number of guanidine groups is 1. The Morgan fingerprint density at radius 2 is 1.76 bits per heavy atom. The Labute approximate surface area is 175 Å². The molecule has 2 aromatic carbocycles. The summed E-state index contributed by atoms with van der Waals surface area (Å²) in [4.78, 5) is 4.58. The third-order valence-corrected chi connectivity index (χ3v) is 4.10. The van der Waals surface area contributed by atoms with Crippen molar-refractivity contribution in [1.82, 2.24) is 10.6 Å². The van der Waals surface area contributed by atoms with Gasteiger partial charge in [-0.15, -0.1) is 24.0 Å². The van der Waals surface area contributed by atoms with Gasteiger partial charge in [0.15, 0.2) is 5.96 Å². The summed E-state index contributed by atoms with van der Waals surface area (Å²) in [6, 6.07) is 17.8. The van der Waals surface area contributed by atoms with Crippen LogP contribution in [0.5, 0.6) is 0 Å². The number of hydrogen-bond donors (Lipinski definition) is 3. The molecule has 2 rings (SSSR count). The molecule has 2 aromatic rings. The molecule has 1 unspecified atom stereocenters. The first-order chi connectivity index (χ1) is 11.7. The van der Waals surface area contributed by atoms with E-state index >= 15 is 0 Å². The number of aliphatic imine (C=N–C) groups is 1. The zero-order chi connectivity index (χ0) is 17.2. The van der Waals surface area contributed by atoms with E-state index in [1.54, 1.807) is 0 Å². The largest absolute Gasteiger partial charge is 0.388 e. The van der Waals surface area contributed by atoms with E-state index < -0.39 is 6.10 Å². The van der Waals surface area contributed by atoms with Crippen LogP contribution in [-0.2, 0) is 6.54 Å². The lowest BCUT2D eigenvalue weighted by Crippen LogP contribution is -2.38. The summed E-state index contributed by atoms with van der Waals surface area (Å²) in [5.74, 6) is 0.765. The van der Waals surface area contributed by atoms with Crippen molar-refractivity contribution in [1.29, 1.82) is 0 Å². The highest BCUT2D eigenvalue weighted by Gasteiger charge is 2.06. The van der Waals surface area contributed by atoms with E-state index in [1.807, 2.05) is 49.4 Å². The van der Waals surface area contributed by atoms with Gasteiger partial charge in [0.2, 0.25) is 0 Å². The molecule has 0 aliphatic rings. The van der Waals surface area contributed by atoms with Crippen molar-refractivity contribution in [2.75, 3.05) is 13.1 Å². The number of benzene rings is 2. The van der Waals surface area contributed by atoms with Crippen molar-refractivity contribution in [2.24, 2.45) is 4.99 Å². The molecule has 136 valence electrons. The lowest BCUT2D eigenvalue weighted by molar-refractivity contribution is 0.168. The van der Waals surface area contributed by atoms with Gasteiger partial charge in [0, 0.05) is 17.6 Å². The maximum atomic E-state index is 10.2. The predicted octanol–water partition coefficient (Wildman–Crippen LogP) is 4.25. The lowest BCUT2D eigenvalue weighted by atomic mass is 10.1. The maximum Gasteiger partial charge on any atom is 0.191 e. The molecule has 0 bridgehead atoms. The molecular formula is C19H25BrIN3O. The fraction of sp³-hybridized carbons (Fsp3) is 0.316. The molecule has 0 radical (unpaired) electrons. The van der Waals surface area contributed by atoms with Crippen LogP contribution in [0.1, 0.15) is 30.6 Å². The van der Waals surface area contributed by atoms with Crippen LogP contribution in [0.15, 0.2) is 64.1 Å². The zero-order valence-corrected chi connectivity index (χ0v) is 18.2. The van der Waals surface area contributed by atoms with Gasteiger partial charge in [-0.3, -0.25) is 0 Å². The van der Waals surface area contributed by atoms with Gasteiger partial charge in [0.05, 0.1) is 12.6 Å². The average Bonchev–Trinajstić information content (AvgIpc) is 2.61. The second kappa shape index (κ2) is 12.3. The summed E-state index contributed by atoms with van der Waals surface area (Å²) in [6.07, 6.45) is 0.167. The average molecular weight is 518 g/mol. The molecule has 25 heavy (non-hydrogen) atoms. The van der Waals surface area contributed by atoms with Crippen LogP contribution in [0.3, 0.4) is 0 Å².